The summed E-state index contributed by atoms with van der Waals surface area (Å²) in [5.41, 5.74) is -0.0109. The van der Waals surface area contributed by atoms with Crippen LogP contribution in [-0.2, 0) is 5.60 Å². The highest BCUT2D eigenvalue weighted by atomic mass is 35.5. The van der Waals surface area contributed by atoms with E-state index in [-0.39, 0.29) is 31.6 Å². The highest BCUT2D eigenvalue weighted by Gasteiger charge is 2.44. The van der Waals surface area contributed by atoms with E-state index < -0.39 is 5.60 Å². The number of nitrogens with zero attached hydrogens (tertiary/aromatic N) is 1. The summed E-state index contributed by atoms with van der Waals surface area (Å²) in [7, 11) is 0. The van der Waals surface area contributed by atoms with E-state index in [1.807, 2.05) is 13.8 Å². The van der Waals surface area contributed by atoms with E-state index in [0.717, 1.165) is 0 Å². The monoisotopic (exact) mass is 395 g/mol. The van der Waals surface area contributed by atoms with Gasteiger partial charge in [0.1, 0.15) is 5.60 Å². The van der Waals surface area contributed by atoms with Gasteiger partial charge in [-0.2, -0.15) is 0 Å². The Kier molecular flexibility index (Phi) is 5.30. The van der Waals surface area contributed by atoms with Crippen LogP contribution < -0.4 is 0 Å². The Bertz CT molecular complexity index is 722. The molecule has 126 valence electrons. The van der Waals surface area contributed by atoms with E-state index in [1.165, 1.54) is 6.92 Å². The van der Waals surface area contributed by atoms with Gasteiger partial charge in [-0.1, -0.05) is 46.4 Å². The number of hydrogen-bond acceptors (Lipinski definition) is 2. The van der Waals surface area contributed by atoms with E-state index >= 15 is 0 Å². The van der Waals surface area contributed by atoms with Crippen LogP contribution in [0.25, 0.3) is 5.57 Å². The molecule has 1 aromatic carbocycles. The largest absolute Gasteiger partial charge is 0.380 e. The van der Waals surface area contributed by atoms with Gasteiger partial charge in [0.05, 0.1) is 25.7 Å². The summed E-state index contributed by atoms with van der Waals surface area (Å²) < 4.78 is 0. The van der Waals surface area contributed by atoms with Gasteiger partial charge in [-0.15, -0.1) is 0 Å². The maximum absolute atomic E-state index is 12.9. The molecule has 1 N–H and O–H groups in total. The van der Waals surface area contributed by atoms with Gasteiger partial charge in [0, 0.05) is 24.2 Å². The molecule has 0 bridgehead atoms. The molecule has 1 aromatic rings. The highest BCUT2D eigenvalue weighted by molar-refractivity contribution is 6.50. The number of aliphatic hydroxyl groups is 1. The SMILES string of the molecule is CCN(CC)C(=O)c1c(Cl)c(Cl)c(Cl)c2c1C(C)(O)C(Cl)=C2C. The topological polar surface area (TPSA) is 40.5 Å². The van der Waals surface area contributed by atoms with Crippen molar-refractivity contribution in [2.45, 2.75) is 33.3 Å². The zero-order chi connectivity index (χ0) is 17.7. The molecule has 3 nitrogen and oxygen atoms in total. The third kappa shape index (κ3) is 2.67. The van der Waals surface area contributed by atoms with Crippen LogP contribution in [-0.4, -0.2) is 29.0 Å². The number of benzene rings is 1. The second-order valence-electron chi connectivity index (χ2n) is 5.56. The number of carbonyl (C=O) groups is 1. The second-order valence-corrected chi connectivity index (χ2v) is 7.07. The Hall–Kier alpha value is -0.450. The van der Waals surface area contributed by atoms with E-state index in [1.54, 1.807) is 11.8 Å². The van der Waals surface area contributed by atoms with Crippen LogP contribution in [0.1, 0.15) is 49.2 Å². The maximum Gasteiger partial charge on any atom is 0.255 e. The lowest BCUT2D eigenvalue weighted by molar-refractivity contribution is 0.0748. The van der Waals surface area contributed by atoms with Gasteiger partial charge in [-0.25, -0.2) is 0 Å². The number of carbonyl (C=O) groups excluding carboxylic acids is 1. The van der Waals surface area contributed by atoms with Crippen LogP contribution in [0.4, 0.5) is 0 Å². The summed E-state index contributed by atoms with van der Waals surface area (Å²) in [6.07, 6.45) is 0. The minimum Gasteiger partial charge on any atom is -0.380 e. The Morgan fingerprint density at radius 3 is 2.09 bits per heavy atom. The third-order valence-electron chi connectivity index (χ3n) is 4.21. The Labute approximate surface area is 155 Å². The first-order valence-electron chi connectivity index (χ1n) is 7.20. The Morgan fingerprint density at radius 1 is 1.09 bits per heavy atom. The van der Waals surface area contributed by atoms with Crippen LogP contribution in [0.5, 0.6) is 0 Å². The smallest absolute Gasteiger partial charge is 0.255 e. The summed E-state index contributed by atoms with van der Waals surface area (Å²) in [6.45, 7) is 7.98. The van der Waals surface area contributed by atoms with Crippen LogP contribution in [0.3, 0.4) is 0 Å². The number of amides is 1. The third-order valence-corrected chi connectivity index (χ3v) is 6.19. The molecule has 1 amide bonds. The van der Waals surface area contributed by atoms with E-state index in [4.69, 9.17) is 46.4 Å². The number of halogens is 4. The maximum atomic E-state index is 12.9. The van der Waals surface area contributed by atoms with Gasteiger partial charge in [-0.05, 0) is 33.3 Å². The summed E-state index contributed by atoms with van der Waals surface area (Å²) in [5.74, 6) is -0.311. The van der Waals surface area contributed by atoms with Crippen molar-refractivity contribution in [3.8, 4) is 0 Å². The van der Waals surface area contributed by atoms with E-state index in [0.29, 0.717) is 29.8 Å². The van der Waals surface area contributed by atoms with Crippen molar-refractivity contribution >= 4 is 57.9 Å². The van der Waals surface area contributed by atoms with Gasteiger partial charge in [-0.3, -0.25) is 4.79 Å². The number of rotatable bonds is 3. The van der Waals surface area contributed by atoms with Crippen molar-refractivity contribution in [3.05, 3.63) is 36.8 Å². The van der Waals surface area contributed by atoms with Crippen molar-refractivity contribution in [2.24, 2.45) is 0 Å². The molecule has 0 saturated heterocycles. The molecule has 2 rings (SSSR count). The molecule has 23 heavy (non-hydrogen) atoms. The van der Waals surface area contributed by atoms with Crippen molar-refractivity contribution in [2.75, 3.05) is 13.1 Å². The summed E-state index contributed by atoms with van der Waals surface area (Å²) in [5, 5.41) is 11.4. The second kappa shape index (κ2) is 6.45. The predicted molar refractivity (Wildman–Crippen MR) is 96.7 cm³/mol. The minimum atomic E-state index is -1.54. The van der Waals surface area contributed by atoms with Gasteiger partial charge in [0.25, 0.3) is 5.91 Å². The van der Waals surface area contributed by atoms with Crippen LogP contribution in [0.15, 0.2) is 5.03 Å². The average molecular weight is 397 g/mol. The first-order valence-corrected chi connectivity index (χ1v) is 8.72. The quantitative estimate of drug-likeness (QED) is 0.702. The first kappa shape index (κ1) is 18.9. The molecule has 1 aliphatic rings. The summed E-state index contributed by atoms with van der Waals surface area (Å²) in [4.78, 5) is 14.5. The lowest BCUT2D eigenvalue weighted by atomic mass is 9.91. The standard InChI is InChI=1S/C16H17Cl4NO2/c1-5-21(6-2)15(22)9-10-8(11(17)13(19)12(9)18)7(3)14(20)16(10,4)23/h23H,5-6H2,1-4H3. The molecule has 1 aliphatic carbocycles. The summed E-state index contributed by atoms with van der Waals surface area (Å²) >= 11 is 25.1. The molecule has 0 saturated carbocycles. The number of fused-ring (bicyclic) bond motifs is 1. The molecular formula is C16H17Cl4NO2. The molecule has 1 unspecified atom stereocenters. The average Bonchev–Trinajstić information content (AvgIpc) is 2.67. The highest BCUT2D eigenvalue weighted by Crippen LogP contribution is 2.54. The van der Waals surface area contributed by atoms with Crippen LogP contribution in [0.2, 0.25) is 15.1 Å². The molecule has 7 heteroatoms. The minimum absolute atomic E-state index is 0.0340. The van der Waals surface area contributed by atoms with Crippen molar-refractivity contribution in [3.63, 3.8) is 0 Å². The van der Waals surface area contributed by atoms with Crippen molar-refractivity contribution in [1.82, 2.24) is 4.90 Å². The van der Waals surface area contributed by atoms with E-state index in [9.17, 15) is 9.90 Å². The van der Waals surface area contributed by atoms with Gasteiger partial charge >= 0.3 is 0 Å². The van der Waals surface area contributed by atoms with Crippen molar-refractivity contribution in [1.29, 1.82) is 0 Å². The number of hydrogen-bond donors (Lipinski definition) is 1. The van der Waals surface area contributed by atoms with Crippen LogP contribution in [0, 0.1) is 0 Å². The van der Waals surface area contributed by atoms with Gasteiger partial charge < -0.3 is 10.0 Å². The van der Waals surface area contributed by atoms with Gasteiger partial charge in [0.15, 0.2) is 0 Å². The molecule has 0 radical (unpaired) electrons. The fourth-order valence-corrected chi connectivity index (χ4v) is 3.98. The predicted octanol–water partition coefficient (Wildman–Crippen LogP) is 5.32. The number of allylic oxidation sites excluding steroid dienone is 1. The lowest BCUT2D eigenvalue weighted by Gasteiger charge is -2.27. The molecular weight excluding hydrogens is 380 g/mol. The first-order chi connectivity index (χ1) is 10.6. The molecule has 0 fully saturated rings. The molecule has 1 atom stereocenters. The Balaban J connectivity index is 2.88. The van der Waals surface area contributed by atoms with Crippen molar-refractivity contribution < 1.29 is 9.90 Å². The summed E-state index contributed by atoms with van der Waals surface area (Å²) in [6, 6.07) is 0. The normalized spacial score (nSPS) is 20.0. The zero-order valence-corrected chi connectivity index (χ0v) is 16.3. The fourth-order valence-electron chi connectivity index (χ4n) is 2.95. The molecule has 0 spiro atoms. The van der Waals surface area contributed by atoms with Crippen LogP contribution >= 0.6 is 46.4 Å². The Morgan fingerprint density at radius 2 is 1.61 bits per heavy atom. The lowest BCUT2D eigenvalue weighted by Crippen LogP contribution is -2.34. The zero-order valence-electron chi connectivity index (χ0n) is 13.2. The van der Waals surface area contributed by atoms with E-state index in [2.05, 4.69) is 0 Å². The molecule has 0 heterocycles. The fraction of sp³-hybridized carbons (Fsp3) is 0.438. The molecule has 0 aliphatic heterocycles. The van der Waals surface area contributed by atoms with Gasteiger partial charge in [0.2, 0.25) is 0 Å². The molecule has 0 aromatic heterocycles.